The lowest BCUT2D eigenvalue weighted by Crippen LogP contribution is -2.40. The van der Waals surface area contributed by atoms with Crippen molar-refractivity contribution in [2.24, 2.45) is 0 Å². The van der Waals surface area contributed by atoms with Gasteiger partial charge in [0.2, 0.25) is 0 Å². The molecular weight excluding hydrogens is 751 g/mol. The summed E-state index contributed by atoms with van der Waals surface area (Å²) < 4.78 is 0. The Morgan fingerprint density at radius 1 is 0.274 bits per heavy atom. The number of nitrogens with zero attached hydrogens (tertiary/aromatic N) is 3. The fourth-order valence-corrected chi connectivity index (χ4v) is 10.5. The highest BCUT2D eigenvalue weighted by molar-refractivity contribution is 5.98. The Morgan fingerprint density at radius 3 is 1.21 bits per heavy atom. The smallest absolute Gasteiger partial charge is 0.164 e. The summed E-state index contributed by atoms with van der Waals surface area (Å²) in [5.74, 6) is 1.95. The lowest BCUT2D eigenvalue weighted by Gasteiger charge is -2.46. The van der Waals surface area contributed by atoms with Crippen LogP contribution in [-0.2, 0) is 10.8 Å². The molecule has 62 heavy (non-hydrogen) atoms. The topological polar surface area (TPSA) is 38.7 Å². The molecule has 10 aromatic rings. The van der Waals surface area contributed by atoms with Crippen molar-refractivity contribution >= 4 is 10.8 Å². The van der Waals surface area contributed by atoms with Gasteiger partial charge in [-0.05, 0) is 95.7 Å². The van der Waals surface area contributed by atoms with Gasteiger partial charge in [-0.15, -0.1) is 0 Å². The van der Waals surface area contributed by atoms with Gasteiger partial charge in [0.05, 0.1) is 5.41 Å². The van der Waals surface area contributed by atoms with Crippen LogP contribution >= 0.6 is 0 Å². The van der Waals surface area contributed by atoms with E-state index in [1.807, 2.05) is 60.7 Å². The molecule has 1 aromatic heterocycles. The summed E-state index contributed by atoms with van der Waals surface area (Å²) in [5, 5.41) is 2.42. The van der Waals surface area contributed by atoms with Crippen molar-refractivity contribution in [2.45, 2.75) is 24.7 Å². The first-order chi connectivity index (χ1) is 30.5. The molecule has 0 atom stereocenters. The summed E-state index contributed by atoms with van der Waals surface area (Å²) in [6.45, 7) is 4.76. The van der Waals surface area contributed by atoms with Gasteiger partial charge in [-0.1, -0.05) is 208 Å². The van der Waals surface area contributed by atoms with Crippen molar-refractivity contribution in [1.29, 1.82) is 0 Å². The molecule has 3 heteroatoms. The minimum absolute atomic E-state index is 0.135. The van der Waals surface area contributed by atoms with E-state index in [9.17, 15) is 0 Å². The van der Waals surface area contributed by atoms with Gasteiger partial charge in [0.1, 0.15) is 0 Å². The molecule has 3 nitrogen and oxygen atoms in total. The fraction of sp³-hybridized carbons (Fsp3) is 0.0678. The molecule has 0 bridgehead atoms. The van der Waals surface area contributed by atoms with Crippen molar-refractivity contribution in [2.75, 3.05) is 0 Å². The van der Waals surface area contributed by atoms with Crippen molar-refractivity contribution in [3.63, 3.8) is 0 Å². The van der Waals surface area contributed by atoms with Crippen LogP contribution in [-0.4, -0.2) is 15.0 Å². The molecule has 0 unspecified atom stereocenters. The van der Waals surface area contributed by atoms with Crippen LogP contribution in [0.15, 0.2) is 212 Å². The molecule has 1 heterocycles. The third-order valence-corrected chi connectivity index (χ3v) is 13.4. The maximum absolute atomic E-state index is 5.01. The van der Waals surface area contributed by atoms with Crippen LogP contribution in [0, 0.1) is 0 Å². The second-order valence-electron chi connectivity index (χ2n) is 17.1. The van der Waals surface area contributed by atoms with E-state index in [1.54, 1.807) is 0 Å². The summed E-state index contributed by atoms with van der Waals surface area (Å²) >= 11 is 0. The number of benzene rings is 9. The second kappa shape index (κ2) is 13.9. The molecule has 0 saturated heterocycles. The normalized spacial score (nSPS) is 13.9. The van der Waals surface area contributed by atoms with E-state index in [0.717, 1.165) is 22.3 Å². The molecule has 0 radical (unpaired) electrons. The summed E-state index contributed by atoms with van der Waals surface area (Å²) in [4.78, 5) is 14.9. The molecule has 292 valence electrons. The molecule has 2 aliphatic carbocycles. The lowest BCUT2D eigenvalue weighted by molar-refractivity contribution is 0.563. The van der Waals surface area contributed by atoms with Gasteiger partial charge < -0.3 is 0 Å². The van der Waals surface area contributed by atoms with Crippen LogP contribution in [0.25, 0.3) is 78.3 Å². The summed E-state index contributed by atoms with van der Waals surface area (Å²) in [7, 11) is 0. The Hall–Kier alpha value is -7.75. The molecule has 12 rings (SSSR count). The Balaban J connectivity index is 1.02. The predicted octanol–water partition coefficient (Wildman–Crippen LogP) is 14.4. The van der Waals surface area contributed by atoms with Crippen LogP contribution in [0.1, 0.15) is 47.2 Å². The fourth-order valence-electron chi connectivity index (χ4n) is 10.5. The number of rotatable bonds is 5. The molecular formula is C59H41N3. The SMILES string of the molecule is CC1(C)c2ccccc2C2(c3ccccc3-c3cc(-c4cc5ccccc5cc4-c4ccc(-c5nc(-c6ccccc6)nc(-c6ccccc6)n5)cc4)ccc32)c2ccccc21. The van der Waals surface area contributed by atoms with Crippen LogP contribution < -0.4 is 0 Å². The summed E-state index contributed by atoms with van der Waals surface area (Å²) in [6, 6.07) is 77.0. The van der Waals surface area contributed by atoms with Crippen molar-refractivity contribution in [3.05, 3.63) is 246 Å². The number of fused-ring (bicyclic) bond motifs is 10. The lowest BCUT2D eigenvalue weighted by atomic mass is 9.55. The van der Waals surface area contributed by atoms with Crippen molar-refractivity contribution in [3.8, 4) is 67.5 Å². The zero-order valence-electron chi connectivity index (χ0n) is 34.5. The number of hydrogen-bond acceptors (Lipinski definition) is 3. The average Bonchev–Trinajstić information content (AvgIpc) is 3.63. The first kappa shape index (κ1) is 36.1. The molecule has 0 fully saturated rings. The first-order valence-electron chi connectivity index (χ1n) is 21.4. The highest BCUT2D eigenvalue weighted by atomic mass is 15.0. The second-order valence-corrected chi connectivity index (χ2v) is 17.1. The van der Waals surface area contributed by atoms with E-state index < -0.39 is 5.41 Å². The number of hydrogen-bond donors (Lipinski definition) is 0. The maximum atomic E-state index is 5.01. The third kappa shape index (κ3) is 5.41. The van der Waals surface area contributed by atoms with Gasteiger partial charge in [0.25, 0.3) is 0 Å². The summed E-state index contributed by atoms with van der Waals surface area (Å²) in [6.07, 6.45) is 0. The standard InChI is InChI=1S/C59H41N3/c1-58(2)51-25-13-15-27-53(51)59(54-28-16-14-26-52(54)58)49-24-12-11-23-45(49)48-37-44(33-34-50(48)59)47-36-43-22-10-9-21-42(43)35-46(47)38-29-31-41(32-30-38)57-61-55(39-17-5-3-6-18-39)60-56(62-57)40-19-7-4-8-20-40/h3-37H,1-2H3. The highest BCUT2D eigenvalue weighted by Crippen LogP contribution is 2.62. The minimum atomic E-state index is -0.426. The van der Waals surface area contributed by atoms with Gasteiger partial charge in [-0.2, -0.15) is 0 Å². The molecule has 1 spiro atoms. The highest BCUT2D eigenvalue weighted by Gasteiger charge is 2.53. The largest absolute Gasteiger partial charge is 0.208 e. The third-order valence-electron chi connectivity index (χ3n) is 13.4. The quantitative estimate of drug-likeness (QED) is 0.174. The van der Waals surface area contributed by atoms with E-state index in [1.165, 1.54) is 72.0 Å². The van der Waals surface area contributed by atoms with E-state index in [4.69, 9.17) is 15.0 Å². The Morgan fingerprint density at radius 2 is 0.661 bits per heavy atom. The Labute approximate surface area is 362 Å². The molecule has 9 aromatic carbocycles. The van der Waals surface area contributed by atoms with Gasteiger partial charge in [0.15, 0.2) is 17.5 Å². The molecule has 0 N–H and O–H groups in total. The van der Waals surface area contributed by atoms with Crippen molar-refractivity contribution in [1.82, 2.24) is 15.0 Å². The van der Waals surface area contributed by atoms with Gasteiger partial charge in [0, 0.05) is 22.1 Å². The molecule has 2 aliphatic rings. The molecule has 0 saturated carbocycles. The van der Waals surface area contributed by atoms with E-state index >= 15 is 0 Å². The Bertz CT molecular complexity index is 3260. The maximum Gasteiger partial charge on any atom is 0.164 e. The van der Waals surface area contributed by atoms with E-state index in [-0.39, 0.29) is 5.41 Å². The van der Waals surface area contributed by atoms with Crippen LogP contribution in [0.5, 0.6) is 0 Å². The molecule has 0 aliphatic heterocycles. The van der Waals surface area contributed by atoms with Crippen molar-refractivity contribution < 1.29 is 0 Å². The summed E-state index contributed by atoms with van der Waals surface area (Å²) in [5.41, 5.74) is 17.8. The van der Waals surface area contributed by atoms with E-state index in [0.29, 0.717) is 17.5 Å². The van der Waals surface area contributed by atoms with Crippen LogP contribution in [0.4, 0.5) is 0 Å². The van der Waals surface area contributed by atoms with Gasteiger partial charge in [-0.3, -0.25) is 0 Å². The average molecular weight is 792 g/mol. The first-order valence-corrected chi connectivity index (χ1v) is 21.4. The van der Waals surface area contributed by atoms with Gasteiger partial charge >= 0.3 is 0 Å². The monoisotopic (exact) mass is 791 g/mol. The van der Waals surface area contributed by atoms with E-state index in [2.05, 4.69) is 166 Å². The zero-order chi connectivity index (χ0) is 41.4. The van der Waals surface area contributed by atoms with Crippen LogP contribution in [0.3, 0.4) is 0 Å². The minimum Gasteiger partial charge on any atom is -0.208 e. The van der Waals surface area contributed by atoms with Gasteiger partial charge in [-0.25, -0.2) is 15.0 Å². The molecule has 0 amide bonds. The predicted molar refractivity (Wildman–Crippen MR) is 254 cm³/mol. The Kier molecular flexibility index (Phi) is 8.10. The van der Waals surface area contributed by atoms with Crippen LogP contribution in [0.2, 0.25) is 0 Å². The zero-order valence-corrected chi connectivity index (χ0v) is 34.5. The number of aromatic nitrogens is 3.